The van der Waals surface area contributed by atoms with Crippen LogP contribution in [-0.4, -0.2) is 110 Å². The average Bonchev–Trinajstić information content (AvgIpc) is 3.33. The normalized spacial score (nSPS) is 20.5. The van der Waals surface area contributed by atoms with Crippen LogP contribution in [0.4, 0.5) is 0 Å². The number of carbonyl (C=O) groups excluding carboxylic acids is 1. The smallest absolute Gasteiger partial charge is 0.249 e. The molecular weight excluding hydrogens is 847 g/mol. The second-order valence-electron chi connectivity index (χ2n) is 20.7. The second-order valence-corrected chi connectivity index (χ2v) is 20.7. The number of ether oxygens (including phenoxy) is 2. The van der Waals surface area contributed by atoms with E-state index in [0.29, 0.717) is 19.3 Å². The molecule has 0 aromatic heterocycles. The number of rotatable bonds is 50. The molecule has 1 fully saturated rings. The summed E-state index contributed by atoms with van der Waals surface area (Å²) < 4.78 is 11.1. The molecule has 9 atom stereocenters. The Hall–Kier alpha value is -0.890. The second kappa shape index (κ2) is 46.2. The van der Waals surface area contributed by atoms with Crippen molar-refractivity contribution < 1.29 is 50.0 Å². The van der Waals surface area contributed by atoms with Crippen molar-refractivity contribution in [2.45, 2.75) is 339 Å². The first kappa shape index (κ1) is 64.1. The third kappa shape index (κ3) is 35.0. The van der Waals surface area contributed by atoms with Gasteiger partial charge in [-0.2, -0.15) is 0 Å². The number of carbonyl (C=O) groups is 1. The van der Waals surface area contributed by atoms with Gasteiger partial charge in [-0.15, -0.1) is 0 Å². The van der Waals surface area contributed by atoms with Crippen molar-refractivity contribution >= 4 is 5.91 Å². The van der Waals surface area contributed by atoms with E-state index in [1.807, 2.05) is 0 Å². The number of nitrogens with one attached hydrogen (secondary N) is 1. The van der Waals surface area contributed by atoms with Crippen LogP contribution in [0.3, 0.4) is 0 Å². The molecule has 0 radical (unpaired) electrons. The summed E-state index contributed by atoms with van der Waals surface area (Å²) in [5.41, 5.74) is 0. The number of unbranched alkanes of at least 4 members (excludes halogenated alkanes) is 38. The molecule has 1 rings (SSSR count). The van der Waals surface area contributed by atoms with E-state index >= 15 is 0 Å². The van der Waals surface area contributed by atoms with E-state index < -0.39 is 74.2 Å². The highest BCUT2D eigenvalue weighted by Crippen LogP contribution is 2.24. The van der Waals surface area contributed by atoms with E-state index in [1.165, 1.54) is 205 Å². The van der Waals surface area contributed by atoms with E-state index in [2.05, 4.69) is 19.2 Å². The van der Waals surface area contributed by atoms with Crippen LogP contribution in [0.2, 0.25) is 0 Å². The van der Waals surface area contributed by atoms with Crippen molar-refractivity contribution in [1.82, 2.24) is 5.32 Å². The van der Waals surface area contributed by atoms with Gasteiger partial charge in [-0.3, -0.25) is 4.79 Å². The molecule has 1 aliphatic rings. The van der Waals surface area contributed by atoms with Gasteiger partial charge in [0.2, 0.25) is 5.91 Å². The first-order chi connectivity index (χ1) is 32.7. The summed E-state index contributed by atoms with van der Waals surface area (Å²) in [6, 6.07) is -1.16. The third-order valence-electron chi connectivity index (χ3n) is 14.4. The fourth-order valence-electron chi connectivity index (χ4n) is 9.68. The van der Waals surface area contributed by atoms with Crippen LogP contribution in [0.15, 0.2) is 0 Å². The monoisotopic (exact) mass is 958 g/mol. The average molecular weight is 959 g/mol. The minimum Gasteiger partial charge on any atom is -0.394 e. The van der Waals surface area contributed by atoms with E-state index in [1.54, 1.807) is 0 Å². The van der Waals surface area contributed by atoms with Gasteiger partial charge in [-0.1, -0.05) is 271 Å². The van der Waals surface area contributed by atoms with Crippen molar-refractivity contribution in [2.24, 2.45) is 0 Å². The van der Waals surface area contributed by atoms with E-state index in [9.17, 15) is 40.5 Å². The van der Waals surface area contributed by atoms with Gasteiger partial charge in [0.1, 0.15) is 36.6 Å². The van der Waals surface area contributed by atoms with Crippen molar-refractivity contribution in [2.75, 3.05) is 13.2 Å². The van der Waals surface area contributed by atoms with Crippen LogP contribution in [0, 0.1) is 0 Å². The zero-order chi connectivity index (χ0) is 49.0. The van der Waals surface area contributed by atoms with Crippen LogP contribution < -0.4 is 5.32 Å². The van der Waals surface area contributed by atoms with E-state index in [4.69, 9.17) is 9.47 Å². The summed E-state index contributed by atoms with van der Waals surface area (Å²) in [6.07, 6.45) is 40.6. The molecule has 0 spiro atoms. The molecule has 0 bridgehead atoms. The molecule has 0 aliphatic carbocycles. The van der Waals surface area contributed by atoms with Crippen LogP contribution in [-0.2, 0) is 14.3 Å². The quantitative estimate of drug-likeness (QED) is 0.0273. The highest BCUT2D eigenvalue weighted by atomic mass is 16.7. The molecule has 1 saturated heterocycles. The van der Waals surface area contributed by atoms with Gasteiger partial charge < -0.3 is 50.5 Å². The summed E-state index contributed by atoms with van der Waals surface area (Å²) in [5.74, 6) is -0.692. The number of aliphatic hydroxyl groups is 7. The molecule has 400 valence electrons. The Morgan fingerprint density at radius 2 is 0.776 bits per heavy atom. The molecular formula is C56H111NO10. The minimum atomic E-state index is -1.66. The fourth-order valence-corrected chi connectivity index (χ4v) is 9.68. The number of hydrogen-bond donors (Lipinski definition) is 8. The van der Waals surface area contributed by atoms with Gasteiger partial charge in [0, 0.05) is 0 Å². The third-order valence-corrected chi connectivity index (χ3v) is 14.4. The van der Waals surface area contributed by atoms with Crippen molar-refractivity contribution in [3.8, 4) is 0 Å². The molecule has 11 heteroatoms. The fraction of sp³-hybridized carbons (Fsp3) is 0.982. The first-order valence-electron chi connectivity index (χ1n) is 28.9. The molecule has 1 heterocycles. The molecule has 0 saturated carbocycles. The summed E-state index contributed by atoms with van der Waals surface area (Å²) >= 11 is 0. The first-order valence-corrected chi connectivity index (χ1v) is 28.9. The van der Waals surface area contributed by atoms with Gasteiger partial charge >= 0.3 is 0 Å². The highest BCUT2D eigenvalue weighted by Gasteiger charge is 2.44. The Bertz CT molecular complexity index is 1050. The van der Waals surface area contributed by atoms with E-state index in [0.717, 1.165) is 38.5 Å². The maximum absolute atomic E-state index is 13.1. The van der Waals surface area contributed by atoms with Gasteiger partial charge in [0.25, 0.3) is 0 Å². The molecule has 9 unspecified atom stereocenters. The van der Waals surface area contributed by atoms with Crippen molar-refractivity contribution in [1.29, 1.82) is 0 Å². The summed E-state index contributed by atoms with van der Waals surface area (Å²) in [6.45, 7) is 3.44. The Morgan fingerprint density at radius 3 is 1.10 bits per heavy atom. The summed E-state index contributed by atoms with van der Waals surface area (Å²) in [7, 11) is 0. The lowest BCUT2D eigenvalue weighted by Crippen LogP contribution is -2.60. The molecule has 0 aromatic rings. The molecule has 11 nitrogen and oxygen atoms in total. The topological polar surface area (TPSA) is 189 Å². The van der Waals surface area contributed by atoms with Crippen LogP contribution in [0.5, 0.6) is 0 Å². The van der Waals surface area contributed by atoms with Gasteiger partial charge in [-0.05, 0) is 12.8 Å². The Labute approximate surface area is 411 Å². The summed E-state index contributed by atoms with van der Waals surface area (Å²) in [5, 5.41) is 75.7. The lowest BCUT2D eigenvalue weighted by Gasteiger charge is -2.40. The maximum Gasteiger partial charge on any atom is 0.249 e. The predicted molar refractivity (Wildman–Crippen MR) is 275 cm³/mol. The Balaban J connectivity index is 2.14. The van der Waals surface area contributed by atoms with Gasteiger partial charge in [0.05, 0.1) is 25.4 Å². The molecule has 8 N–H and O–H groups in total. The van der Waals surface area contributed by atoms with Crippen LogP contribution in [0.1, 0.15) is 284 Å². The lowest BCUT2D eigenvalue weighted by atomic mass is 9.98. The van der Waals surface area contributed by atoms with Gasteiger partial charge in [-0.25, -0.2) is 0 Å². The Morgan fingerprint density at radius 1 is 0.463 bits per heavy atom. The minimum absolute atomic E-state index is 0.267. The van der Waals surface area contributed by atoms with Crippen LogP contribution >= 0.6 is 0 Å². The highest BCUT2D eigenvalue weighted by molar-refractivity contribution is 5.80. The molecule has 0 aromatic carbocycles. The maximum atomic E-state index is 13.1. The standard InChI is InChI=1S/C56H111NO10/c1-3-5-7-9-11-13-14-15-16-17-18-19-20-21-22-23-24-25-26-27-28-29-30-31-32-33-34-36-38-40-42-44-49(60)55(65)57-47(46-66-56-54(64)53(63)52(62)50(45-58)67-56)51(61)48(59)43-41-39-37-35-12-10-8-6-4-2/h47-54,56,58-64H,3-46H2,1-2H3,(H,57,65). The summed E-state index contributed by atoms with van der Waals surface area (Å²) in [4.78, 5) is 13.1. The number of aliphatic hydroxyl groups excluding tert-OH is 7. The Kier molecular flexibility index (Phi) is 44.2. The predicted octanol–water partition coefficient (Wildman–Crippen LogP) is 11.8. The van der Waals surface area contributed by atoms with Crippen LogP contribution in [0.25, 0.3) is 0 Å². The largest absolute Gasteiger partial charge is 0.394 e. The zero-order valence-electron chi connectivity index (χ0n) is 43.7. The lowest BCUT2D eigenvalue weighted by molar-refractivity contribution is -0.303. The van der Waals surface area contributed by atoms with Crippen molar-refractivity contribution in [3.05, 3.63) is 0 Å². The van der Waals surface area contributed by atoms with Crippen molar-refractivity contribution in [3.63, 3.8) is 0 Å². The SMILES string of the molecule is CCCCCCCCCCCCCCCCCCCCCCCCCCCCCCCCCC(O)C(=O)NC(COC1OC(CO)C(O)C(O)C1O)C(O)C(O)CCCCCCCCCCC. The zero-order valence-corrected chi connectivity index (χ0v) is 43.7. The number of hydrogen-bond acceptors (Lipinski definition) is 10. The molecule has 1 aliphatic heterocycles. The molecule has 1 amide bonds. The van der Waals surface area contributed by atoms with E-state index in [-0.39, 0.29) is 6.42 Å². The molecule has 67 heavy (non-hydrogen) atoms. The van der Waals surface area contributed by atoms with Gasteiger partial charge in [0.15, 0.2) is 6.29 Å². The number of amides is 1.